The van der Waals surface area contributed by atoms with Gasteiger partial charge in [-0.1, -0.05) is 41.9 Å². The molecule has 0 unspecified atom stereocenters. The van der Waals surface area contributed by atoms with Gasteiger partial charge in [-0.25, -0.2) is 9.59 Å². The van der Waals surface area contributed by atoms with Crippen molar-refractivity contribution in [1.29, 1.82) is 0 Å². The van der Waals surface area contributed by atoms with Crippen LogP contribution in [0.5, 0.6) is 0 Å². The van der Waals surface area contributed by atoms with Crippen LogP contribution >= 0.6 is 11.6 Å². The fraction of sp³-hybridized carbons (Fsp3) is 0.324. The van der Waals surface area contributed by atoms with Gasteiger partial charge in [0.05, 0.1) is 24.0 Å². The molecule has 2 aliphatic heterocycles. The van der Waals surface area contributed by atoms with E-state index >= 15 is 0 Å². The van der Waals surface area contributed by atoms with Crippen LogP contribution in [0.15, 0.2) is 60.7 Å². The van der Waals surface area contributed by atoms with Gasteiger partial charge in [0.1, 0.15) is 5.60 Å². The number of nitrogens with zero attached hydrogens (tertiary/aromatic N) is 2. The van der Waals surface area contributed by atoms with Crippen molar-refractivity contribution in [2.24, 2.45) is 0 Å². The fourth-order valence-corrected chi connectivity index (χ4v) is 5.72. The van der Waals surface area contributed by atoms with Crippen LogP contribution in [0.1, 0.15) is 60.7 Å². The minimum Gasteiger partial charge on any atom is -0.465 e. The quantitative estimate of drug-likeness (QED) is 0.292. The standard InChI is InChI=1S/C34H35ClN2O5/c1-21-10-11-23(32(39)41-5)19-29(21)37-30-20-24(22-14-16-36(17-15-22)33(40)42-34(2,3)4)18-27(26(30)12-13-31(37)38)25-8-6-7-9-28(25)35/h6-11,14,18-20H,12-13,15-17H2,1-5H3. The lowest BCUT2D eigenvalue weighted by Crippen LogP contribution is -2.39. The first kappa shape index (κ1) is 29.4. The predicted molar refractivity (Wildman–Crippen MR) is 165 cm³/mol. The molecule has 3 aromatic carbocycles. The van der Waals surface area contributed by atoms with Crippen molar-refractivity contribution < 1.29 is 23.9 Å². The highest BCUT2D eigenvalue weighted by molar-refractivity contribution is 6.33. The second-order valence-electron chi connectivity index (χ2n) is 11.6. The summed E-state index contributed by atoms with van der Waals surface area (Å²) in [6.07, 6.45) is 3.22. The third-order valence-electron chi connectivity index (χ3n) is 7.57. The highest BCUT2D eigenvalue weighted by atomic mass is 35.5. The number of halogens is 1. The molecule has 218 valence electrons. The first-order valence-corrected chi connectivity index (χ1v) is 14.5. The molecule has 3 aromatic rings. The zero-order valence-electron chi connectivity index (χ0n) is 24.6. The van der Waals surface area contributed by atoms with E-state index in [4.69, 9.17) is 21.1 Å². The molecule has 8 heteroatoms. The van der Waals surface area contributed by atoms with Crippen molar-refractivity contribution in [2.75, 3.05) is 25.1 Å². The maximum absolute atomic E-state index is 13.6. The minimum absolute atomic E-state index is 0.0522. The van der Waals surface area contributed by atoms with E-state index in [2.05, 4.69) is 6.07 Å². The van der Waals surface area contributed by atoms with E-state index in [0.717, 1.165) is 39.1 Å². The smallest absolute Gasteiger partial charge is 0.410 e. The van der Waals surface area contributed by atoms with Gasteiger partial charge in [-0.3, -0.25) is 9.69 Å². The fourth-order valence-electron chi connectivity index (χ4n) is 5.49. The third-order valence-corrected chi connectivity index (χ3v) is 7.90. The Bertz CT molecular complexity index is 1600. The van der Waals surface area contributed by atoms with Gasteiger partial charge < -0.3 is 14.4 Å². The van der Waals surface area contributed by atoms with Gasteiger partial charge in [0.2, 0.25) is 5.91 Å². The number of amides is 2. The molecule has 0 spiro atoms. The normalized spacial score (nSPS) is 15.2. The van der Waals surface area contributed by atoms with Gasteiger partial charge in [-0.05, 0) is 98.7 Å². The summed E-state index contributed by atoms with van der Waals surface area (Å²) in [6.45, 7) is 8.43. The van der Waals surface area contributed by atoms with Crippen LogP contribution in [0, 0.1) is 6.92 Å². The Hall–Kier alpha value is -4.10. The van der Waals surface area contributed by atoms with Crippen molar-refractivity contribution in [3.05, 3.63) is 87.9 Å². The molecule has 0 fully saturated rings. The Morgan fingerprint density at radius 2 is 1.69 bits per heavy atom. The molecule has 0 saturated carbocycles. The summed E-state index contributed by atoms with van der Waals surface area (Å²) in [6, 6.07) is 17.1. The molecule has 0 aliphatic carbocycles. The van der Waals surface area contributed by atoms with Crippen LogP contribution in [0.25, 0.3) is 16.7 Å². The Kier molecular flexibility index (Phi) is 8.15. The molecule has 2 amide bonds. The molecule has 7 nitrogen and oxygen atoms in total. The summed E-state index contributed by atoms with van der Waals surface area (Å²) in [7, 11) is 1.34. The molecule has 0 N–H and O–H groups in total. The van der Waals surface area contributed by atoms with E-state index in [1.54, 1.807) is 21.9 Å². The molecule has 2 aliphatic rings. The van der Waals surface area contributed by atoms with Gasteiger partial charge in [0.15, 0.2) is 0 Å². The molecule has 0 saturated heterocycles. The molecule has 0 bridgehead atoms. The van der Waals surface area contributed by atoms with E-state index in [0.29, 0.717) is 48.6 Å². The Morgan fingerprint density at radius 3 is 2.36 bits per heavy atom. The molecular formula is C34H35ClN2O5. The number of anilines is 2. The van der Waals surface area contributed by atoms with Gasteiger partial charge >= 0.3 is 12.1 Å². The first-order valence-electron chi connectivity index (χ1n) is 14.1. The number of carbonyl (C=O) groups excluding carboxylic acids is 3. The number of benzene rings is 3. The minimum atomic E-state index is -0.567. The van der Waals surface area contributed by atoms with Crippen molar-refractivity contribution >= 4 is 46.5 Å². The van der Waals surface area contributed by atoms with Crippen molar-refractivity contribution in [2.45, 2.75) is 52.6 Å². The molecule has 0 atom stereocenters. The second-order valence-corrected chi connectivity index (χ2v) is 12.0. The van der Waals surface area contributed by atoms with Crippen LogP contribution in [0.4, 0.5) is 16.2 Å². The summed E-state index contributed by atoms with van der Waals surface area (Å²) in [5, 5.41) is 0.623. The maximum atomic E-state index is 13.6. The number of esters is 1. The predicted octanol–water partition coefficient (Wildman–Crippen LogP) is 7.74. The van der Waals surface area contributed by atoms with Gasteiger partial charge in [-0.15, -0.1) is 0 Å². The molecule has 0 aromatic heterocycles. The lowest BCUT2D eigenvalue weighted by molar-refractivity contribution is -0.118. The second kappa shape index (κ2) is 11.6. The van der Waals surface area contributed by atoms with Gasteiger partial charge in [0, 0.05) is 30.1 Å². The van der Waals surface area contributed by atoms with Crippen LogP contribution < -0.4 is 4.90 Å². The van der Waals surface area contributed by atoms with Crippen LogP contribution in [-0.2, 0) is 20.7 Å². The summed E-state index contributed by atoms with van der Waals surface area (Å²) < 4.78 is 10.5. The molecule has 2 heterocycles. The van der Waals surface area contributed by atoms with E-state index in [1.807, 2.05) is 70.2 Å². The molecular weight excluding hydrogens is 552 g/mol. The highest BCUT2D eigenvalue weighted by Gasteiger charge is 2.31. The highest BCUT2D eigenvalue weighted by Crippen LogP contribution is 2.44. The van der Waals surface area contributed by atoms with Crippen molar-refractivity contribution in [1.82, 2.24) is 4.90 Å². The number of rotatable bonds is 4. The van der Waals surface area contributed by atoms with Crippen LogP contribution in [-0.4, -0.2) is 48.7 Å². The summed E-state index contributed by atoms with van der Waals surface area (Å²) in [5.41, 5.74) is 6.96. The van der Waals surface area contributed by atoms with E-state index < -0.39 is 11.6 Å². The zero-order chi connectivity index (χ0) is 30.2. The number of methoxy groups -OCH3 is 1. The summed E-state index contributed by atoms with van der Waals surface area (Å²) in [4.78, 5) is 42.1. The number of carbonyl (C=O) groups is 3. The number of hydrogen-bond donors (Lipinski definition) is 0. The topological polar surface area (TPSA) is 76.2 Å². The summed E-state index contributed by atoms with van der Waals surface area (Å²) in [5.74, 6) is -0.517. The van der Waals surface area contributed by atoms with E-state index in [9.17, 15) is 14.4 Å². The maximum Gasteiger partial charge on any atom is 0.410 e. The monoisotopic (exact) mass is 586 g/mol. The van der Waals surface area contributed by atoms with Crippen LogP contribution in [0.3, 0.4) is 0 Å². The van der Waals surface area contributed by atoms with Gasteiger partial charge in [-0.2, -0.15) is 0 Å². The zero-order valence-corrected chi connectivity index (χ0v) is 25.4. The average molecular weight is 587 g/mol. The number of fused-ring (bicyclic) bond motifs is 1. The number of hydrogen-bond acceptors (Lipinski definition) is 5. The third kappa shape index (κ3) is 5.93. The summed E-state index contributed by atoms with van der Waals surface area (Å²) >= 11 is 6.72. The SMILES string of the molecule is COC(=O)c1ccc(C)c(N2C(=O)CCc3c(-c4ccccc4Cl)cc(C4=CCN(C(=O)OC(C)(C)C)CC4)cc32)c1. The number of aryl methyl sites for hydroxylation is 1. The lowest BCUT2D eigenvalue weighted by atomic mass is 9.86. The van der Waals surface area contributed by atoms with Crippen molar-refractivity contribution in [3.8, 4) is 11.1 Å². The van der Waals surface area contributed by atoms with E-state index in [-0.39, 0.29) is 12.0 Å². The Balaban J connectivity index is 1.64. The Labute approximate surface area is 251 Å². The Morgan fingerprint density at radius 1 is 0.929 bits per heavy atom. The van der Waals surface area contributed by atoms with Crippen LogP contribution in [0.2, 0.25) is 5.02 Å². The lowest BCUT2D eigenvalue weighted by Gasteiger charge is -2.34. The van der Waals surface area contributed by atoms with Gasteiger partial charge in [0.25, 0.3) is 0 Å². The first-order chi connectivity index (χ1) is 20.0. The number of ether oxygens (including phenoxy) is 2. The van der Waals surface area contributed by atoms with Crippen molar-refractivity contribution in [3.63, 3.8) is 0 Å². The largest absolute Gasteiger partial charge is 0.465 e. The molecule has 0 radical (unpaired) electrons. The van der Waals surface area contributed by atoms with E-state index in [1.165, 1.54) is 7.11 Å². The molecule has 5 rings (SSSR count). The average Bonchev–Trinajstić information content (AvgIpc) is 2.96. The molecule has 42 heavy (non-hydrogen) atoms.